The lowest BCUT2D eigenvalue weighted by atomic mass is 10.1. The molecule has 1 aromatic heterocycles. The Balaban J connectivity index is 3.20. The fourth-order valence-electron chi connectivity index (χ4n) is 1.13. The molecule has 0 aliphatic carbocycles. The summed E-state index contributed by atoms with van der Waals surface area (Å²) in [6.45, 7) is 2.98. The molecule has 18 heavy (non-hydrogen) atoms. The van der Waals surface area contributed by atoms with E-state index in [9.17, 15) is 14.9 Å². The standard InChI is InChI=1S/C9H14N6O3/c1-9(2,8(10)16)13-7-5(15(17)18)3-4-6(12-7)14-11/h3-4H,11H2,1-2H3,(H2,10,16)(H2,12,13,14). The average molecular weight is 254 g/mol. The topological polar surface area (TPSA) is 149 Å². The van der Waals surface area contributed by atoms with Gasteiger partial charge in [-0.15, -0.1) is 0 Å². The molecule has 0 bridgehead atoms. The molecule has 0 atom stereocenters. The zero-order valence-electron chi connectivity index (χ0n) is 9.93. The Hall–Kier alpha value is -2.42. The summed E-state index contributed by atoms with van der Waals surface area (Å²) in [7, 11) is 0. The molecule has 0 fully saturated rings. The van der Waals surface area contributed by atoms with Crippen molar-refractivity contribution < 1.29 is 9.72 Å². The van der Waals surface area contributed by atoms with Gasteiger partial charge in [-0.2, -0.15) is 0 Å². The lowest BCUT2D eigenvalue weighted by Crippen LogP contribution is -2.45. The van der Waals surface area contributed by atoms with E-state index in [1.165, 1.54) is 26.0 Å². The van der Waals surface area contributed by atoms with Crippen LogP contribution in [0.15, 0.2) is 12.1 Å². The number of nitrogen functional groups attached to an aromatic ring is 1. The van der Waals surface area contributed by atoms with E-state index in [-0.39, 0.29) is 17.3 Å². The number of nitrogens with zero attached hydrogens (tertiary/aromatic N) is 2. The van der Waals surface area contributed by atoms with E-state index < -0.39 is 16.4 Å². The molecule has 98 valence electrons. The number of nitrogens with two attached hydrogens (primary N) is 2. The van der Waals surface area contributed by atoms with Gasteiger partial charge >= 0.3 is 5.69 Å². The first-order valence-electron chi connectivity index (χ1n) is 4.98. The largest absolute Gasteiger partial charge is 0.368 e. The van der Waals surface area contributed by atoms with Crippen molar-refractivity contribution in [3.63, 3.8) is 0 Å². The van der Waals surface area contributed by atoms with Gasteiger partial charge in [0.05, 0.1) is 4.92 Å². The van der Waals surface area contributed by atoms with Crippen LogP contribution in [-0.4, -0.2) is 21.4 Å². The van der Waals surface area contributed by atoms with Crippen molar-refractivity contribution in [2.45, 2.75) is 19.4 Å². The maximum absolute atomic E-state index is 11.2. The van der Waals surface area contributed by atoms with E-state index in [1.54, 1.807) is 0 Å². The number of anilines is 2. The van der Waals surface area contributed by atoms with Crippen molar-refractivity contribution in [1.29, 1.82) is 0 Å². The van der Waals surface area contributed by atoms with E-state index >= 15 is 0 Å². The van der Waals surface area contributed by atoms with Crippen LogP contribution in [0.4, 0.5) is 17.3 Å². The molecular formula is C9H14N6O3. The van der Waals surface area contributed by atoms with Crippen molar-refractivity contribution in [3.05, 3.63) is 22.2 Å². The van der Waals surface area contributed by atoms with Gasteiger partial charge in [0.15, 0.2) is 0 Å². The molecule has 0 aliphatic rings. The Morgan fingerprint density at radius 2 is 2.11 bits per heavy atom. The number of hydrazine groups is 1. The summed E-state index contributed by atoms with van der Waals surface area (Å²) in [6.07, 6.45) is 0. The summed E-state index contributed by atoms with van der Waals surface area (Å²) in [5, 5.41) is 13.5. The third-order valence-corrected chi connectivity index (χ3v) is 2.27. The second kappa shape index (κ2) is 4.84. The van der Waals surface area contributed by atoms with Crippen molar-refractivity contribution in [1.82, 2.24) is 4.98 Å². The molecule has 0 saturated heterocycles. The van der Waals surface area contributed by atoms with Crippen LogP contribution in [0.5, 0.6) is 0 Å². The lowest BCUT2D eigenvalue weighted by molar-refractivity contribution is -0.384. The van der Waals surface area contributed by atoms with Crippen molar-refractivity contribution in [3.8, 4) is 0 Å². The summed E-state index contributed by atoms with van der Waals surface area (Å²) >= 11 is 0. The van der Waals surface area contributed by atoms with Crippen LogP contribution in [0.3, 0.4) is 0 Å². The SMILES string of the molecule is CC(C)(Nc1nc(NN)ccc1[N+](=O)[O-])C(N)=O. The highest BCUT2D eigenvalue weighted by molar-refractivity contribution is 5.87. The fraction of sp³-hybridized carbons (Fsp3) is 0.333. The highest BCUT2D eigenvalue weighted by Crippen LogP contribution is 2.26. The Morgan fingerprint density at radius 3 is 2.56 bits per heavy atom. The Morgan fingerprint density at radius 1 is 1.50 bits per heavy atom. The predicted octanol–water partition coefficient (Wildman–Crippen LogP) is -0.0488. The quantitative estimate of drug-likeness (QED) is 0.327. The van der Waals surface area contributed by atoms with E-state index in [2.05, 4.69) is 15.7 Å². The summed E-state index contributed by atoms with van der Waals surface area (Å²) < 4.78 is 0. The molecular weight excluding hydrogens is 240 g/mol. The molecule has 9 heteroatoms. The number of pyridine rings is 1. The minimum atomic E-state index is -1.18. The summed E-state index contributed by atoms with van der Waals surface area (Å²) in [5.41, 5.74) is 5.98. The minimum Gasteiger partial charge on any atom is -0.368 e. The lowest BCUT2D eigenvalue weighted by Gasteiger charge is -2.22. The Kier molecular flexibility index (Phi) is 3.67. The number of nitrogens with one attached hydrogen (secondary N) is 2. The Labute approximate surface area is 103 Å². The number of nitro groups is 1. The second-order valence-electron chi connectivity index (χ2n) is 4.08. The van der Waals surface area contributed by atoms with Crippen molar-refractivity contribution in [2.24, 2.45) is 11.6 Å². The third-order valence-electron chi connectivity index (χ3n) is 2.27. The molecule has 0 saturated carbocycles. The van der Waals surface area contributed by atoms with Gasteiger partial charge in [-0.25, -0.2) is 10.8 Å². The maximum atomic E-state index is 11.2. The molecule has 0 aliphatic heterocycles. The highest BCUT2D eigenvalue weighted by atomic mass is 16.6. The van der Waals surface area contributed by atoms with Crippen LogP contribution in [0, 0.1) is 10.1 Å². The van der Waals surface area contributed by atoms with Crippen LogP contribution >= 0.6 is 0 Å². The van der Waals surface area contributed by atoms with Gasteiger partial charge in [0.2, 0.25) is 11.7 Å². The predicted molar refractivity (Wildman–Crippen MR) is 65.6 cm³/mol. The van der Waals surface area contributed by atoms with Crippen LogP contribution in [0.25, 0.3) is 0 Å². The first-order chi connectivity index (χ1) is 8.27. The van der Waals surface area contributed by atoms with E-state index in [4.69, 9.17) is 11.6 Å². The molecule has 0 aromatic carbocycles. The number of hydrogen-bond donors (Lipinski definition) is 4. The van der Waals surface area contributed by atoms with Gasteiger partial charge in [0, 0.05) is 6.07 Å². The third kappa shape index (κ3) is 2.83. The van der Waals surface area contributed by atoms with Crippen molar-refractivity contribution >= 4 is 23.2 Å². The summed E-state index contributed by atoms with van der Waals surface area (Å²) in [5.74, 6) is 4.65. The number of carbonyl (C=O) groups excluding carboxylic acids is 1. The summed E-state index contributed by atoms with van der Waals surface area (Å²) in [6, 6.07) is 2.57. The van der Waals surface area contributed by atoms with Crippen molar-refractivity contribution in [2.75, 3.05) is 10.7 Å². The molecule has 0 unspecified atom stereocenters. The molecule has 9 nitrogen and oxygen atoms in total. The maximum Gasteiger partial charge on any atom is 0.311 e. The number of amides is 1. The normalized spacial score (nSPS) is 10.8. The molecule has 0 spiro atoms. The monoisotopic (exact) mass is 254 g/mol. The van der Waals surface area contributed by atoms with Gasteiger partial charge in [-0.05, 0) is 19.9 Å². The molecule has 0 radical (unpaired) electrons. The van der Waals surface area contributed by atoms with Crippen LogP contribution < -0.4 is 22.3 Å². The second-order valence-corrected chi connectivity index (χ2v) is 4.08. The smallest absolute Gasteiger partial charge is 0.311 e. The number of hydrogen-bond acceptors (Lipinski definition) is 7. The highest BCUT2D eigenvalue weighted by Gasteiger charge is 2.28. The first kappa shape index (κ1) is 13.6. The zero-order valence-corrected chi connectivity index (χ0v) is 9.93. The van der Waals surface area contributed by atoms with E-state index in [0.29, 0.717) is 0 Å². The summed E-state index contributed by atoms with van der Waals surface area (Å²) in [4.78, 5) is 25.3. The first-order valence-corrected chi connectivity index (χ1v) is 4.98. The van der Waals surface area contributed by atoms with E-state index in [0.717, 1.165) is 0 Å². The van der Waals surface area contributed by atoms with Gasteiger partial charge in [-0.1, -0.05) is 0 Å². The fourth-order valence-corrected chi connectivity index (χ4v) is 1.13. The molecule has 1 aromatic rings. The van der Waals surface area contributed by atoms with Crippen LogP contribution in [0.1, 0.15) is 13.8 Å². The van der Waals surface area contributed by atoms with Crippen LogP contribution in [-0.2, 0) is 4.79 Å². The number of primary amides is 1. The molecule has 1 amide bonds. The molecule has 6 N–H and O–H groups in total. The van der Waals surface area contributed by atoms with Gasteiger partial charge in [-0.3, -0.25) is 14.9 Å². The van der Waals surface area contributed by atoms with Gasteiger partial charge in [0.25, 0.3) is 0 Å². The Bertz CT molecular complexity index is 487. The average Bonchev–Trinajstić information content (AvgIpc) is 2.27. The number of carbonyl (C=O) groups is 1. The number of aromatic nitrogens is 1. The zero-order chi connectivity index (χ0) is 13.9. The molecule has 1 rings (SSSR count). The number of rotatable bonds is 5. The van der Waals surface area contributed by atoms with Gasteiger partial charge < -0.3 is 16.5 Å². The van der Waals surface area contributed by atoms with Crippen LogP contribution in [0.2, 0.25) is 0 Å². The molecule has 1 heterocycles. The van der Waals surface area contributed by atoms with Gasteiger partial charge in [0.1, 0.15) is 11.4 Å². The van der Waals surface area contributed by atoms with E-state index in [1.807, 2.05) is 0 Å². The minimum absolute atomic E-state index is 0.0840.